The zero-order valence-electron chi connectivity index (χ0n) is 13.6. The van der Waals surface area contributed by atoms with Crippen LogP contribution in [0.4, 0.5) is 5.69 Å². The van der Waals surface area contributed by atoms with Crippen molar-refractivity contribution >= 4 is 60.9 Å². The van der Waals surface area contributed by atoms with E-state index < -0.39 is 10.0 Å². The van der Waals surface area contributed by atoms with Crippen LogP contribution in [0.15, 0.2) is 74.8 Å². The molecule has 27 heavy (non-hydrogen) atoms. The minimum Gasteiger partial charge on any atom is -0.454 e. The smallest absolute Gasteiger partial charge is 0.262 e. The predicted molar refractivity (Wildman–Crippen MR) is 107 cm³/mol. The summed E-state index contributed by atoms with van der Waals surface area (Å²) in [7, 11) is -3.92. The summed E-state index contributed by atoms with van der Waals surface area (Å²) in [5.74, 6) is 0. The highest BCUT2D eigenvalue weighted by atomic mass is 35.5. The van der Waals surface area contributed by atoms with E-state index >= 15 is 0 Å². The second kappa shape index (κ2) is 6.56. The van der Waals surface area contributed by atoms with Crippen LogP contribution in [0.3, 0.4) is 0 Å². The van der Waals surface area contributed by atoms with Crippen LogP contribution in [0.25, 0.3) is 21.9 Å². The zero-order valence-corrected chi connectivity index (χ0v) is 15.9. The van der Waals surface area contributed by atoms with Gasteiger partial charge in [-0.3, -0.25) is 9.52 Å². The van der Waals surface area contributed by atoms with Gasteiger partial charge in [0, 0.05) is 16.1 Å². The van der Waals surface area contributed by atoms with Gasteiger partial charge >= 0.3 is 0 Å². The highest BCUT2D eigenvalue weighted by Gasteiger charge is 2.18. The molecule has 0 saturated heterocycles. The summed E-state index contributed by atoms with van der Waals surface area (Å²) in [6.07, 6.45) is 0. The molecule has 0 spiro atoms. The van der Waals surface area contributed by atoms with Crippen LogP contribution in [0.5, 0.6) is 0 Å². The number of para-hydroxylation sites is 1. The number of anilines is 1. The Labute approximate surface area is 164 Å². The highest BCUT2D eigenvalue weighted by Crippen LogP contribution is 2.28. The fourth-order valence-corrected chi connectivity index (χ4v) is 4.29. The first kappa shape index (κ1) is 17.9. The largest absolute Gasteiger partial charge is 0.454 e. The summed E-state index contributed by atoms with van der Waals surface area (Å²) in [6.45, 7) is 0. The van der Waals surface area contributed by atoms with Gasteiger partial charge in [0.25, 0.3) is 10.0 Å². The molecular weight excluding hydrogens is 409 g/mol. The molecule has 0 saturated carbocycles. The Bertz CT molecular complexity index is 1360. The molecule has 0 amide bonds. The molecule has 136 valence electrons. The molecule has 1 N–H and O–H groups in total. The summed E-state index contributed by atoms with van der Waals surface area (Å²) < 4.78 is 33.6. The van der Waals surface area contributed by atoms with Gasteiger partial charge in [0.2, 0.25) is 5.43 Å². The maximum absolute atomic E-state index is 12.7. The number of benzene rings is 3. The number of fused-ring (bicyclic) bond motifs is 2. The average molecular weight is 420 g/mol. The fraction of sp³-hybridized carbons (Fsp3) is 0. The van der Waals surface area contributed by atoms with Crippen LogP contribution >= 0.6 is 23.2 Å². The van der Waals surface area contributed by atoms with Crippen LogP contribution in [-0.2, 0) is 10.0 Å². The molecule has 0 unspecified atom stereocenters. The third-order valence-electron chi connectivity index (χ3n) is 4.01. The summed E-state index contributed by atoms with van der Waals surface area (Å²) in [5.41, 5.74) is 0.274. The molecule has 5 nitrogen and oxygen atoms in total. The predicted octanol–water partition coefficient (Wildman–Crippen LogP) is 5.05. The maximum atomic E-state index is 12.7. The van der Waals surface area contributed by atoms with Crippen molar-refractivity contribution in [1.29, 1.82) is 0 Å². The van der Waals surface area contributed by atoms with Gasteiger partial charge in [0.15, 0.2) is 5.58 Å². The monoisotopic (exact) mass is 419 g/mol. The first-order valence-electron chi connectivity index (χ1n) is 7.79. The lowest BCUT2D eigenvalue weighted by molar-refractivity contribution is 0.601. The molecule has 1 aromatic heterocycles. The first-order chi connectivity index (χ1) is 12.8. The van der Waals surface area contributed by atoms with E-state index in [1.807, 2.05) is 0 Å². The quantitative estimate of drug-likeness (QED) is 0.471. The Kier molecular flexibility index (Phi) is 4.34. The molecule has 0 atom stereocenters. The molecular formula is C19H11Cl2NO4S. The molecule has 0 aliphatic heterocycles. The number of hydrogen-bond acceptors (Lipinski definition) is 4. The van der Waals surface area contributed by atoms with Crippen LogP contribution in [-0.4, -0.2) is 8.42 Å². The summed E-state index contributed by atoms with van der Waals surface area (Å²) in [5, 5.41) is 1.32. The maximum Gasteiger partial charge on any atom is 0.262 e. The number of nitrogens with one attached hydrogen (secondary N) is 1. The van der Waals surface area contributed by atoms with Crippen LogP contribution in [0.1, 0.15) is 0 Å². The van der Waals surface area contributed by atoms with Crippen molar-refractivity contribution < 1.29 is 12.8 Å². The van der Waals surface area contributed by atoms with Crippen LogP contribution in [0, 0.1) is 0 Å². The van der Waals surface area contributed by atoms with E-state index in [1.54, 1.807) is 30.3 Å². The van der Waals surface area contributed by atoms with Gasteiger partial charge in [0.05, 0.1) is 21.4 Å². The Hall–Kier alpha value is -2.54. The van der Waals surface area contributed by atoms with E-state index in [1.165, 1.54) is 30.3 Å². The Balaban J connectivity index is 1.92. The topological polar surface area (TPSA) is 76.4 Å². The fourth-order valence-electron chi connectivity index (χ4n) is 2.77. The van der Waals surface area contributed by atoms with E-state index in [2.05, 4.69) is 4.72 Å². The van der Waals surface area contributed by atoms with Crippen molar-refractivity contribution in [2.75, 3.05) is 4.72 Å². The highest BCUT2D eigenvalue weighted by molar-refractivity contribution is 7.92. The Morgan fingerprint density at radius 3 is 2.37 bits per heavy atom. The van der Waals surface area contributed by atoms with Gasteiger partial charge in [-0.25, -0.2) is 8.42 Å². The van der Waals surface area contributed by atoms with Gasteiger partial charge in [0.1, 0.15) is 5.58 Å². The van der Waals surface area contributed by atoms with Gasteiger partial charge < -0.3 is 4.42 Å². The van der Waals surface area contributed by atoms with Crippen molar-refractivity contribution in [2.45, 2.75) is 4.90 Å². The molecule has 1 heterocycles. The van der Waals surface area contributed by atoms with Gasteiger partial charge in [-0.2, -0.15) is 0 Å². The van der Waals surface area contributed by atoms with E-state index in [-0.39, 0.29) is 32.6 Å². The van der Waals surface area contributed by atoms with Crippen molar-refractivity contribution in [3.05, 3.63) is 80.9 Å². The molecule has 0 radical (unpaired) electrons. The minimum atomic E-state index is -3.92. The van der Waals surface area contributed by atoms with E-state index in [4.69, 9.17) is 27.6 Å². The molecule has 3 aromatic carbocycles. The first-order valence-corrected chi connectivity index (χ1v) is 10.0. The zero-order chi connectivity index (χ0) is 19.2. The van der Waals surface area contributed by atoms with E-state index in [0.717, 1.165) is 0 Å². The molecule has 0 fully saturated rings. The minimum absolute atomic E-state index is 0.00168. The molecule has 8 heteroatoms. The van der Waals surface area contributed by atoms with Crippen molar-refractivity contribution in [3.63, 3.8) is 0 Å². The summed E-state index contributed by atoms with van der Waals surface area (Å²) in [6, 6.07) is 15.2. The van der Waals surface area contributed by atoms with Crippen molar-refractivity contribution in [2.24, 2.45) is 0 Å². The second-order valence-corrected chi connectivity index (χ2v) is 8.37. The molecule has 0 aliphatic rings. The molecule has 0 bridgehead atoms. The molecule has 4 rings (SSSR count). The molecule has 4 aromatic rings. The Morgan fingerprint density at radius 1 is 0.852 bits per heavy atom. The van der Waals surface area contributed by atoms with Gasteiger partial charge in [-0.1, -0.05) is 35.3 Å². The van der Waals surface area contributed by atoms with Gasteiger partial charge in [-0.05, 0) is 42.5 Å². The number of sulfonamides is 1. The lowest BCUT2D eigenvalue weighted by Gasteiger charge is -2.11. The van der Waals surface area contributed by atoms with Crippen molar-refractivity contribution in [3.8, 4) is 0 Å². The van der Waals surface area contributed by atoms with Gasteiger partial charge in [-0.15, -0.1) is 0 Å². The normalized spacial score (nSPS) is 11.8. The Morgan fingerprint density at radius 2 is 1.59 bits per heavy atom. The van der Waals surface area contributed by atoms with E-state index in [9.17, 15) is 13.2 Å². The standard InChI is InChI=1S/C19H11Cl2NO4S/c20-11-3-1-4-13(9-11)27(24,25)22-16-6-2-5-15-18(23)14-8-7-12(21)10-17(14)26-19(15)16/h1-10,22H. The summed E-state index contributed by atoms with van der Waals surface area (Å²) >= 11 is 11.9. The molecule has 0 aliphatic carbocycles. The average Bonchev–Trinajstić information content (AvgIpc) is 2.62. The van der Waals surface area contributed by atoms with Crippen LogP contribution < -0.4 is 10.2 Å². The number of hydrogen-bond donors (Lipinski definition) is 1. The van der Waals surface area contributed by atoms with E-state index in [0.29, 0.717) is 15.4 Å². The second-order valence-electron chi connectivity index (χ2n) is 5.82. The third-order valence-corrected chi connectivity index (χ3v) is 5.84. The van der Waals surface area contributed by atoms with Crippen molar-refractivity contribution in [1.82, 2.24) is 0 Å². The number of rotatable bonds is 3. The third kappa shape index (κ3) is 3.27. The SMILES string of the molecule is O=c1c2ccc(Cl)cc2oc2c(NS(=O)(=O)c3cccc(Cl)c3)cccc12. The van der Waals surface area contributed by atoms with Crippen LogP contribution in [0.2, 0.25) is 10.0 Å². The lowest BCUT2D eigenvalue weighted by atomic mass is 10.1. The lowest BCUT2D eigenvalue weighted by Crippen LogP contribution is -2.14. The summed E-state index contributed by atoms with van der Waals surface area (Å²) in [4.78, 5) is 12.7. The number of halogens is 2.